The van der Waals surface area contributed by atoms with Crippen LogP contribution >= 0.6 is 0 Å². The lowest BCUT2D eigenvalue weighted by Gasteiger charge is -2.42. The first-order valence-corrected chi connectivity index (χ1v) is 6.15. The van der Waals surface area contributed by atoms with E-state index in [0.717, 1.165) is 5.56 Å². The van der Waals surface area contributed by atoms with Gasteiger partial charge in [-0.25, -0.2) is 4.79 Å². The lowest BCUT2D eigenvalue weighted by atomic mass is 9.95. The van der Waals surface area contributed by atoms with Gasteiger partial charge in [-0.15, -0.1) is 0 Å². The van der Waals surface area contributed by atoms with Crippen molar-refractivity contribution in [3.05, 3.63) is 35.9 Å². The molecule has 5 heteroatoms. The number of hydrogen-bond acceptors (Lipinski definition) is 5. The highest BCUT2D eigenvalue weighted by atomic mass is 16.5. The monoisotopic (exact) mass is 263 g/mol. The van der Waals surface area contributed by atoms with Crippen molar-refractivity contribution in [3.63, 3.8) is 0 Å². The van der Waals surface area contributed by atoms with Crippen molar-refractivity contribution >= 4 is 11.9 Å². The summed E-state index contributed by atoms with van der Waals surface area (Å²) in [7, 11) is 2.71. The molecule has 1 aromatic rings. The van der Waals surface area contributed by atoms with Gasteiger partial charge in [0.1, 0.15) is 12.1 Å². The Hall–Kier alpha value is -1.88. The Bertz CT molecular complexity index is 460. The smallest absolute Gasteiger partial charge is 0.327 e. The van der Waals surface area contributed by atoms with Gasteiger partial charge in [0, 0.05) is 6.54 Å². The summed E-state index contributed by atoms with van der Waals surface area (Å²) in [5.74, 6) is -0.670. The van der Waals surface area contributed by atoms with Gasteiger partial charge in [-0.05, 0) is 12.0 Å². The fourth-order valence-corrected chi connectivity index (χ4v) is 2.32. The summed E-state index contributed by atoms with van der Waals surface area (Å²) in [6.07, 6.45) is 0.701. The Morgan fingerprint density at radius 3 is 2.37 bits per heavy atom. The molecule has 2 unspecified atom stereocenters. The second-order valence-electron chi connectivity index (χ2n) is 4.40. The highest BCUT2D eigenvalue weighted by Crippen LogP contribution is 2.32. The summed E-state index contributed by atoms with van der Waals surface area (Å²) < 4.78 is 9.60. The summed E-state index contributed by atoms with van der Waals surface area (Å²) in [6, 6.07) is 8.39. The number of carbonyl (C=O) groups is 2. The number of carbonyl (C=O) groups excluding carboxylic acids is 2. The summed E-state index contributed by atoms with van der Waals surface area (Å²) in [6.45, 7) is 0.675. The number of ether oxygens (including phenoxy) is 2. The van der Waals surface area contributed by atoms with E-state index in [0.29, 0.717) is 13.0 Å². The minimum absolute atomic E-state index is 0.309. The highest BCUT2D eigenvalue weighted by molar-refractivity contribution is 5.81. The standard InChI is InChI=1S/C14H17NO4/c1-18-13(16)11-8-9-15(11)12(14(17)19-2)10-6-4-3-5-7-10/h3-7,11-12H,8-9H2,1-2H3. The molecule has 0 bridgehead atoms. The summed E-state index contributed by atoms with van der Waals surface area (Å²) in [5.41, 5.74) is 0.822. The molecular weight excluding hydrogens is 246 g/mol. The third-order valence-corrected chi connectivity index (χ3v) is 3.41. The zero-order valence-corrected chi connectivity index (χ0v) is 11.0. The molecule has 1 fully saturated rings. The number of likely N-dealkylation sites (tertiary alicyclic amines) is 1. The third kappa shape index (κ3) is 2.61. The molecule has 1 heterocycles. The van der Waals surface area contributed by atoms with Crippen molar-refractivity contribution in [1.29, 1.82) is 0 Å². The lowest BCUT2D eigenvalue weighted by Crippen LogP contribution is -2.55. The average Bonchev–Trinajstić information content (AvgIpc) is 2.43. The first-order chi connectivity index (χ1) is 9.19. The van der Waals surface area contributed by atoms with E-state index >= 15 is 0 Å². The molecule has 2 atom stereocenters. The second kappa shape index (κ2) is 5.84. The first kappa shape index (κ1) is 13.5. The van der Waals surface area contributed by atoms with Crippen LogP contribution in [0.5, 0.6) is 0 Å². The van der Waals surface area contributed by atoms with Crippen molar-refractivity contribution in [2.24, 2.45) is 0 Å². The van der Waals surface area contributed by atoms with Gasteiger partial charge < -0.3 is 9.47 Å². The number of nitrogens with zero attached hydrogens (tertiary/aromatic N) is 1. The molecule has 1 saturated heterocycles. The van der Waals surface area contributed by atoms with Gasteiger partial charge in [0.05, 0.1) is 14.2 Å². The van der Waals surface area contributed by atoms with E-state index in [-0.39, 0.29) is 18.0 Å². The molecule has 1 aromatic carbocycles. The summed E-state index contributed by atoms with van der Waals surface area (Å²) in [5, 5.41) is 0. The van der Waals surface area contributed by atoms with Crippen LogP contribution in [0.1, 0.15) is 18.0 Å². The molecule has 0 N–H and O–H groups in total. The predicted octanol–water partition coefficient (Wildman–Crippen LogP) is 1.15. The van der Waals surface area contributed by atoms with Crippen molar-refractivity contribution in [2.75, 3.05) is 20.8 Å². The van der Waals surface area contributed by atoms with Crippen LogP contribution in [0.4, 0.5) is 0 Å². The van der Waals surface area contributed by atoms with E-state index in [4.69, 9.17) is 9.47 Å². The van der Waals surface area contributed by atoms with E-state index in [1.807, 2.05) is 35.2 Å². The topological polar surface area (TPSA) is 55.8 Å². The number of benzene rings is 1. The Kier molecular flexibility index (Phi) is 4.16. The summed E-state index contributed by atoms with van der Waals surface area (Å²) >= 11 is 0. The van der Waals surface area contributed by atoms with Crippen molar-refractivity contribution in [2.45, 2.75) is 18.5 Å². The number of rotatable bonds is 4. The van der Waals surface area contributed by atoms with Crippen LogP contribution in [-0.2, 0) is 19.1 Å². The molecule has 0 aromatic heterocycles. The molecule has 0 amide bonds. The maximum absolute atomic E-state index is 12.0. The normalized spacial score (nSPS) is 20.2. The molecule has 1 aliphatic rings. The average molecular weight is 263 g/mol. The fraction of sp³-hybridized carbons (Fsp3) is 0.429. The Morgan fingerprint density at radius 2 is 1.89 bits per heavy atom. The number of hydrogen-bond donors (Lipinski definition) is 0. The van der Waals surface area contributed by atoms with Gasteiger partial charge in [0.25, 0.3) is 0 Å². The van der Waals surface area contributed by atoms with E-state index in [1.165, 1.54) is 14.2 Å². The van der Waals surface area contributed by atoms with Crippen LogP contribution in [0.3, 0.4) is 0 Å². The molecule has 0 spiro atoms. The molecule has 19 heavy (non-hydrogen) atoms. The molecule has 5 nitrogen and oxygen atoms in total. The maximum Gasteiger partial charge on any atom is 0.327 e. The van der Waals surface area contributed by atoms with Gasteiger partial charge in [-0.1, -0.05) is 30.3 Å². The number of methoxy groups -OCH3 is 2. The highest BCUT2D eigenvalue weighted by Gasteiger charge is 2.43. The van der Waals surface area contributed by atoms with Crippen molar-refractivity contribution in [1.82, 2.24) is 4.90 Å². The minimum Gasteiger partial charge on any atom is -0.468 e. The zero-order valence-electron chi connectivity index (χ0n) is 11.0. The molecule has 2 rings (SSSR count). The second-order valence-corrected chi connectivity index (χ2v) is 4.40. The first-order valence-electron chi connectivity index (χ1n) is 6.15. The van der Waals surface area contributed by atoms with Crippen LogP contribution in [0, 0.1) is 0 Å². The Labute approximate surface area is 112 Å². The van der Waals surface area contributed by atoms with Crippen molar-refractivity contribution < 1.29 is 19.1 Å². The maximum atomic E-state index is 12.0. The summed E-state index contributed by atoms with van der Waals surface area (Å²) in [4.78, 5) is 25.4. The minimum atomic E-state index is -0.552. The lowest BCUT2D eigenvalue weighted by molar-refractivity contribution is -0.161. The van der Waals surface area contributed by atoms with Gasteiger partial charge in [0.2, 0.25) is 0 Å². The van der Waals surface area contributed by atoms with Crippen LogP contribution in [0.15, 0.2) is 30.3 Å². The van der Waals surface area contributed by atoms with Gasteiger partial charge in [-0.2, -0.15) is 0 Å². The van der Waals surface area contributed by atoms with Crippen LogP contribution in [0.25, 0.3) is 0 Å². The van der Waals surface area contributed by atoms with Crippen LogP contribution in [-0.4, -0.2) is 43.6 Å². The van der Waals surface area contributed by atoms with Gasteiger partial charge in [-0.3, -0.25) is 9.69 Å². The Morgan fingerprint density at radius 1 is 1.21 bits per heavy atom. The third-order valence-electron chi connectivity index (χ3n) is 3.41. The van der Waals surface area contributed by atoms with E-state index in [9.17, 15) is 9.59 Å². The van der Waals surface area contributed by atoms with Crippen LogP contribution in [0.2, 0.25) is 0 Å². The van der Waals surface area contributed by atoms with Crippen molar-refractivity contribution in [3.8, 4) is 0 Å². The van der Waals surface area contributed by atoms with Gasteiger partial charge in [0.15, 0.2) is 0 Å². The molecule has 1 aliphatic heterocycles. The van der Waals surface area contributed by atoms with E-state index in [1.54, 1.807) is 0 Å². The Balaban J connectivity index is 2.25. The molecular formula is C14H17NO4. The van der Waals surface area contributed by atoms with E-state index < -0.39 is 6.04 Å². The van der Waals surface area contributed by atoms with Gasteiger partial charge >= 0.3 is 11.9 Å². The zero-order chi connectivity index (χ0) is 13.8. The van der Waals surface area contributed by atoms with Crippen LogP contribution < -0.4 is 0 Å². The quantitative estimate of drug-likeness (QED) is 0.763. The molecule has 0 radical (unpaired) electrons. The predicted molar refractivity (Wildman–Crippen MR) is 68.3 cm³/mol. The molecule has 0 aliphatic carbocycles. The fourth-order valence-electron chi connectivity index (χ4n) is 2.32. The van der Waals surface area contributed by atoms with E-state index in [2.05, 4.69) is 0 Å². The SMILES string of the molecule is COC(=O)C1CCN1C(C(=O)OC)c1ccccc1. The largest absolute Gasteiger partial charge is 0.468 e. The molecule has 102 valence electrons. The molecule has 0 saturated carbocycles. The number of esters is 2.